The van der Waals surface area contributed by atoms with E-state index in [1.165, 1.54) is 59.7 Å². The Balaban J connectivity index is 1.22. The first-order chi connectivity index (χ1) is 52.7. The highest BCUT2D eigenvalue weighted by Crippen LogP contribution is 2.46. The summed E-state index contributed by atoms with van der Waals surface area (Å²) in [5, 5.41) is 8.51. The Morgan fingerprint density at radius 1 is 0.625 bits per heavy atom. The summed E-state index contributed by atoms with van der Waals surface area (Å²) in [5.41, 5.74) is -1.70. The maximum Gasteiger partial charge on any atom is 0.397 e. The number of carbonyl (C=O) groups excluding carboxylic acids is 12. The Morgan fingerprint density at radius 3 is 1.81 bits per heavy atom. The second-order valence-electron chi connectivity index (χ2n) is 33.7. The zero-order chi connectivity index (χ0) is 82.8. The van der Waals surface area contributed by atoms with Crippen molar-refractivity contribution in [3.05, 3.63) is 0 Å². The molecular weight excluding hydrogens is 1480 g/mol. The minimum atomic E-state index is -5.22. The summed E-state index contributed by atoms with van der Waals surface area (Å²) in [6, 6.07) is -11.3. The van der Waals surface area contributed by atoms with E-state index in [1.54, 1.807) is 27.7 Å². The highest BCUT2D eigenvalue weighted by molar-refractivity contribution is 6.01. The number of ether oxygens (including phenoxy) is 2. The monoisotopic (exact) mass is 1600 g/mol. The molecule has 4 saturated carbocycles. The fourth-order valence-electron chi connectivity index (χ4n) is 18.3. The van der Waals surface area contributed by atoms with Gasteiger partial charge in [0, 0.05) is 81.0 Å². The largest absolute Gasteiger partial charge is 0.397 e. The third-order valence-corrected chi connectivity index (χ3v) is 25.4. The lowest BCUT2D eigenvalue weighted by atomic mass is 9.74. The predicted molar refractivity (Wildman–Crippen MR) is 394 cm³/mol. The van der Waals surface area contributed by atoms with Crippen LogP contribution in [-0.2, 0) is 67.0 Å². The van der Waals surface area contributed by atoms with Gasteiger partial charge in [0.1, 0.15) is 72.1 Å². The Kier molecular flexibility index (Phi) is 31.6. The molecule has 3 N–H and O–H groups in total. The minimum Gasteiger partial charge on any atom is -0.378 e. The van der Waals surface area contributed by atoms with E-state index in [9.17, 15) is 40.7 Å². The van der Waals surface area contributed by atoms with Crippen molar-refractivity contribution in [1.29, 1.82) is 0 Å². The van der Waals surface area contributed by atoms with Gasteiger partial charge in [0.05, 0.1) is 44.7 Å². The van der Waals surface area contributed by atoms with E-state index in [0.717, 1.165) is 19.6 Å². The molecule has 4 heterocycles. The molecular formula is C78H122F8N12O14. The number of amides is 12. The molecule has 112 heavy (non-hydrogen) atoms. The first-order valence-corrected chi connectivity index (χ1v) is 40.7. The summed E-state index contributed by atoms with van der Waals surface area (Å²) in [7, 11) is 6.74. The second-order valence-corrected chi connectivity index (χ2v) is 33.7. The van der Waals surface area contributed by atoms with Gasteiger partial charge in [0.2, 0.25) is 70.9 Å². The Bertz CT molecular complexity index is 3300. The molecule has 4 aliphatic heterocycles. The molecule has 8 rings (SSSR count). The lowest BCUT2D eigenvalue weighted by Crippen LogP contribution is -2.68. The van der Waals surface area contributed by atoms with Crippen molar-refractivity contribution in [2.45, 2.75) is 274 Å². The molecule has 2 unspecified atom stereocenters. The van der Waals surface area contributed by atoms with Crippen LogP contribution < -0.4 is 16.0 Å². The first kappa shape index (κ1) is 90.5. The normalized spacial score (nSPS) is 32.5. The molecule has 0 radical (unpaired) electrons. The molecule has 8 fully saturated rings. The van der Waals surface area contributed by atoms with Crippen molar-refractivity contribution in [3.8, 4) is 0 Å². The summed E-state index contributed by atoms with van der Waals surface area (Å²) >= 11 is 0. The molecule has 26 nitrogen and oxygen atoms in total. The molecule has 0 aromatic heterocycles. The van der Waals surface area contributed by atoms with Crippen molar-refractivity contribution in [1.82, 2.24) is 60.0 Å². The van der Waals surface area contributed by atoms with E-state index in [2.05, 4.69) is 16.0 Å². The molecule has 34 heteroatoms. The standard InChI is InChI=1S/C78H122F8N12O14/c1-13-47(7)65-73(108)91(9)44-63(101)92(10)58-36-46(6)27-30-97(72(58)107)60(39-48-21-24-51(25-22-48)77(81,82)83)70(105)90(8)43-61(99)87-55(26-23-49-37-53(79)64(54(80)38-49)78(84,85)86)69(104)98-42-52(112-15-3)40-57(98)68(103)89-76(28-18-29-76)75(110)94(12)66(50-19-16-17-20-50)74(109)93(11)59(71(106)95-31-33-111-34-32-95)41-62(100)96(14-2)56(35-45(4)5)67(102)88-65/h45-60,64-66H,13-44H2,1-12H3,(H,87,99)(H,88,102)(H,89,103)/t46-,47-,48?,49?,51?,52+,53?,54?,55-,56-,57-,58-,59-,60-,64?,65-,66-/m0/s1. The Morgan fingerprint density at radius 2 is 1.25 bits per heavy atom. The molecule has 634 valence electrons. The molecule has 8 aliphatic rings. The lowest BCUT2D eigenvalue weighted by Gasteiger charge is -2.47. The number of carbonyl (C=O) groups is 12. The molecule has 2 bridgehead atoms. The van der Waals surface area contributed by atoms with Gasteiger partial charge in [0.15, 0.2) is 0 Å². The van der Waals surface area contributed by atoms with E-state index in [4.69, 9.17) is 9.47 Å². The SMILES string of the molecule is CCO[C@@H]1C[C@H]2C(=O)NC3(CCC3)C(=O)N(C)[C@@H](C3CCCC3)C(=O)N(C)[C@H](C(=O)N3CCOCC3)CC(=O)N(CC)[C@@H](CC(C)C)C(=O)N[C@@H]([C@@H](C)CC)C(=O)N(C)CC(=O)N(C)[C@H]3C[C@@H](C)CCN(C3=O)[C@@H](CC3CCC(C(F)(F)F)CC3)C(=O)N(C)CC(=O)N[C@@H](CCC3CC(F)C(C(F)(F)F)C(F)C3)C(=O)N2C1. The highest BCUT2D eigenvalue weighted by Gasteiger charge is 2.57. The van der Waals surface area contributed by atoms with Crippen LogP contribution >= 0.6 is 0 Å². The molecule has 1 spiro atoms. The van der Waals surface area contributed by atoms with Crippen molar-refractivity contribution >= 4 is 70.9 Å². The summed E-state index contributed by atoms with van der Waals surface area (Å²) in [5.74, 6) is -17.1. The third-order valence-electron chi connectivity index (χ3n) is 25.4. The number of fused-ring (bicyclic) bond motifs is 3. The van der Waals surface area contributed by atoms with Gasteiger partial charge in [-0.25, -0.2) is 8.78 Å². The average Bonchev–Trinajstić information content (AvgIpc) is 1.14. The lowest BCUT2D eigenvalue weighted by molar-refractivity contribution is -0.219. The van der Waals surface area contributed by atoms with E-state index in [-0.39, 0.29) is 141 Å². The molecule has 0 aromatic rings. The summed E-state index contributed by atoms with van der Waals surface area (Å²) in [6.45, 7) is 10.9. The Labute approximate surface area is 653 Å². The number of nitrogens with zero attached hydrogens (tertiary/aromatic N) is 9. The van der Waals surface area contributed by atoms with Crippen LogP contribution in [0.5, 0.6) is 0 Å². The maximum atomic E-state index is 15.8. The second kappa shape index (κ2) is 39.1. The van der Waals surface area contributed by atoms with Gasteiger partial charge in [-0.15, -0.1) is 0 Å². The van der Waals surface area contributed by atoms with Crippen LogP contribution in [0.1, 0.15) is 190 Å². The number of alkyl halides is 8. The maximum absolute atomic E-state index is 15.8. The number of morpholine rings is 1. The van der Waals surface area contributed by atoms with Crippen molar-refractivity contribution in [3.63, 3.8) is 0 Å². The molecule has 0 aromatic carbocycles. The average molecular weight is 1600 g/mol. The van der Waals surface area contributed by atoms with Gasteiger partial charge in [0.25, 0.3) is 0 Å². The van der Waals surface area contributed by atoms with Crippen LogP contribution in [0.4, 0.5) is 35.1 Å². The van der Waals surface area contributed by atoms with Crippen molar-refractivity contribution in [2.24, 2.45) is 47.3 Å². The topological polar surface area (TPSA) is 289 Å². The number of rotatable bonds is 14. The van der Waals surface area contributed by atoms with E-state index in [0.29, 0.717) is 38.5 Å². The fourth-order valence-corrected chi connectivity index (χ4v) is 18.3. The molecule has 4 aliphatic carbocycles. The van der Waals surface area contributed by atoms with E-state index < -0.39 is 230 Å². The smallest absolute Gasteiger partial charge is 0.378 e. The van der Waals surface area contributed by atoms with Crippen LogP contribution in [0, 0.1) is 47.3 Å². The van der Waals surface area contributed by atoms with Crippen LogP contribution in [0.2, 0.25) is 0 Å². The number of nitrogens with one attached hydrogen (secondary N) is 3. The van der Waals surface area contributed by atoms with Gasteiger partial charge in [-0.05, 0) is 159 Å². The van der Waals surface area contributed by atoms with E-state index in [1.807, 2.05) is 20.8 Å². The molecule has 4 saturated heterocycles. The summed E-state index contributed by atoms with van der Waals surface area (Å²) in [6.07, 6.45) is -16.2. The van der Waals surface area contributed by atoms with Gasteiger partial charge in [-0.3, -0.25) is 57.5 Å². The van der Waals surface area contributed by atoms with Gasteiger partial charge >= 0.3 is 12.4 Å². The fraction of sp³-hybridized carbons (Fsp3) is 0.846. The summed E-state index contributed by atoms with van der Waals surface area (Å²) < 4.78 is 127. The number of halogens is 8. The summed E-state index contributed by atoms with van der Waals surface area (Å²) in [4.78, 5) is 195. The van der Waals surface area contributed by atoms with Crippen LogP contribution in [0.25, 0.3) is 0 Å². The van der Waals surface area contributed by atoms with Crippen molar-refractivity contribution in [2.75, 3.05) is 101 Å². The number of hydrogen-bond donors (Lipinski definition) is 3. The molecule has 13 atom stereocenters. The van der Waals surface area contributed by atoms with E-state index >= 15 is 51.9 Å². The minimum absolute atomic E-state index is 0.00419. The van der Waals surface area contributed by atoms with Gasteiger partial charge in [-0.1, -0.05) is 53.9 Å². The quantitative estimate of drug-likeness (QED) is 0.155. The predicted octanol–water partition coefficient (Wildman–Crippen LogP) is 6.59. The third kappa shape index (κ3) is 21.7. The number of hydrogen-bond acceptors (Lipinski definition) is 14. The number of likely N-dealkylation sites (N-methyl/N-ethyl adjacent to an activating group) is 6. The first-order valence-electron chi connectivity index (χ1n) is 40.7. The Hall–Kier alpha value is -7.00. The molecule has 12 amide bonds. The van der Waals surface area contributed by atoms with Crippen LogP contribution in [-0.4, -0.2) is 301 Å². The van der Waals surface area contributed by atoms with Crippen molar-refractivity contribution < 1.29 is 102 Å². The van der Waals surface area contributed by atoms with Gasteiger partial charge in [-0.2, -0.15) is 26.3 Å². The van der Waals surface area contributed by atoms with Gasteiger partial charge < -0.3 is 69.5 Å². The highest BCUT2D eigenvalue weighted by atomic mass is 19.4. The zero-order valence-corrected chi connectivity index (χ0v) is 67.4. The van der Waals surface area contributed by atoms with Crippen LogP contribution in [0.3, 0.4) is 0 Å². The van der Waals surface area contributed by atoms with Crippen LogP contribution in [0.15, 0.2) is 0 Å². The zero-order valence-electron chi connectivity index (χ0n) is 67.4.